The Morgan fingerprint density at radius 3 is 3.00 bits per heavy atom. The molecule has 0 saturated carbocycles. The molecule has 0 aromatic carbocycles. The second-order valence-electron chi connectivity index (χ2n) is 1.86. The van der Waals surface area contributed by atoms with E-state index >= 15 is 0 Å². The third-order valence-corrected chi connectivity index (χ3v) is 1.49. The van der Waals surface area contributed by atoms with Crippen molar-refractivity contribution in [3.05, 3.63) is 22.6 Å². The van der Waals surface area contributed by atoms with E-state index in [1.807, 2.05) is 0 Å². The van der Waals surface area contributed by atoms with Crippen molar-refractivity contribution in [2.75, 3.05) is 0 Å². The van der Waals surface area contributed by atoms with Gasteiger partial charge in [0.15, 0.2) is 10.4 Å². The predicted molar refractivity (Wildman–Crippen MR) is 46.6 cm³/mol. The quantitative estimate of drug-likeness (QED) is 0.340. The van der Waals surface area contributed by atoms with Crippen molar-refractivity contribution in [3.63, 3.8) is 0 Å². The van der Waals surface area contributed by atoms with Crippen molar-refractivity contribution in [1.29, 1.82) is 0 Å². The lowest BCUT2D eigenvalue weighted by Gasteiger charge is -1.92. The van der Waals surface area contributed by atoms with Crippen LogP contribution < -0.4 is 11.2 Å². The smallest absolute Gasteiger partial charge is 0.292 e. The average molecular weight is 232 g/mol. The lowest BCUT2D eigenvalue weighted by atomic mass is 10.4. The summed E-state index contributed by atoms with van der Waals surface area (Å²) in [6.07, 6.45) is 1.08. The lowest BCUT2D eigenvalue weighted by Crippen LogP contribution is -2.21. The number of hydrogen-bond donors (Lipinski definition) is 2. The fourth-order valence-corrected chi connectivity index (χ4v) is 0.910. The van der Waals surface area contributed by atoms with Crippen molar-refractivity contribution in [1.82, 2.24) is 5.32 Å². The van der Waals surface area contributed by atoms with Crippen LogP contribution in [0.1, 0.15) is 10.6 Å². The van der Waals surface area contributed by atoms with Gasteiger partial charge in [0.2, 0.25) is 0 Å². The minimum Gasteiger partial charge on any atom is -0.444 e. The number of nitrogens with one attached hydrogen (secondary N) is 1. The Bertz CT molecular complexity index is 307. The van der Waals surface area contributed by atoms with Crippen molar-refractivity contribution in [3.8, 4) is 0 Å². The van der Waals surface area contributed by atoms with Crippen LogP contribution in [-0.4, -0.2) is 12.2 Å². The van der Waals surface area contributed by atoms with Gasteiger partial charge in [0.05, 0.1) is 0 Å². The summed E-state index contributed by atoms with van der Waals surface area (Å²) in [7, 11) is 0. The number of nitrogens with two attached hydrogens (primary N) is 1. The van der Waals surface area contributed by atoms with E-state index in [1.165, 1.54) is 6.07 Å². The molecule has 0 aliphatic rings. The van der Waals surface area contributed by atoms with Gasteiger partial charge in [0, 0.05) is 0 Å². The van der Waals surface area contributed by atoms with E-state index in [-0.39, 0.29) is 5.76 Å². The van der Waals surface area contributed by atoms with E-state index in [0.717, 1.165) is 6.34 Å². The zero-order chi connectivity index (χ0) is 8.97. The lowest BCUT2D eigenvalue weighted by molar-refractivity contribution is 0.0950. The van der Waals surface area contributed by atoms with Crippen LogP contribution in [0.4, 0.5) is 0 Å². The summed E-state index contributed by atoms with van der Waals surface area (Å²) in [5, 5.41) is 5.39. The van der Waals surface area contributed by atoms with Crippen LogP contribution in [0.15, 0.2) is 26.3 Å². The number of hydrogen-bond acceptors (Lipinski definition) is 4. The number of carbonyl (C=O) groups is 1. The van der Waals surface area contributed by atoms with Crippen molar-refractivity contribution >= 4 is 28.2 Å². The monoisotopic (exact) mass is 231 g/mol. The Morgan fingerprint density at radius 2 is 2.50 bits per heavy atom. The second-order valence-corrected chi connectivity index (χ2v) is 2.64. The molecule has 6 heteroatoms. The van der Waals surface area contributed by atoms with Gasteiger partial charge in [-0.3, -0.25) is 4.79 Å². The summed E-state index contributed by atoms with van der Waals surface area (Å²) >= 11 is 3.06. The third-order valence-electron chi connectivity index (χ3n) is 1.07. The third kappa shape index (κ3) is 2.09. The highest BCUT2D eigenvalue weighted by molar-refractivity contribution is 9.10. The topological polar surface area (TPSA) is 80.6 Å². The first-order chi connectivity index (χ1) is 5.74. The standard InChI is InChI=1S/C6H6BrN3O2/c7-5-2-1-4(12-5)6(11)9-3-10-8/h1-3H,8H2,(H,9,10,11). The average Bonchev–Trinajstić information content (AvgIpc) is 2.47. The van der Waals surface area contributed by atoms with E-state index in [1.54, 1.807) is 6.07 Å². The van der Waals surface area contributed by atoms with E-state index in [0.29, 0.717) is 4.67 Å². The minimum atomic E-state index is -0.394. The van der Waals surface area contributed by atoms with Crippen LogP contribution in [0.3, 0.4) is 0 Å². The van der Waals surface area contributed by atoms with Crippen LogP contribution in [0.5, 0.6) is 0 Å². The molecule has 1 amide bonds. The molecule has 1 aromatic heterocycles. The highest BCUT2D eigenvalue weighted by Crippen LogP contribution is 2.13. The van der Waals surface area contributed by atoms with Crippen molar-refractivity contribution in [2.24, 2.45) is 10.9 Å². The SMILES string of the molecule is NN=CNC(=O)c1ccc(Br)o1. The maximum atomic E-state index is 11.0. The van der Waals surface area contributed by atoms with Gasteiger partial charge in [-0.2, -0.15) is 5.10 Å². The van der Waals surface area contributed by atoms with Gasteiger partial charge in [0.25, 0.3) is 5.91 Å². The molecular formula is C6H6BrN3O2. The Hall–Kier alpha value is -1.30. The summed E-state index contributed by atoms with van der Waals surface area (Å²) in [6.45, 7) is 0. The van der Waals surface area contributed by atoms with Gasteiger partial charge >= 0.3 is 0 Å². The first kappa shape index (κ1) is 8.79. The number of furan rings is 1. The molecule has 5 nitrogen and oxygen atoms in total. The zero-order valence-corrected chi connectivity index (χ0v) is 7.54. The molecule has 12 heavy (non-hydrogen) atoms. The van der Waals surface area contributed by atoms with Crippen LogP contribution in [-0.2, 0) is 0 Å². The van der Waals surface area contributed by atoms with Crippen LogP contribution in [0.2, 0.25) is 0 Å². The van der Waals surface area contributed by atoms with E-state index in [2.05, 4.69) is 26.3 Å². The maximum absolute atomic E-state index is 11.0. The van der Waals surface area contributed by atoms with Crippen LogP contribution in [0.25, 0.3) is 0 Å². The number of rotatable bonds is 2. The Labute approximate surface area is 76.7 Å². The molecule has 0 aliphatic heterocycles. The highest BCUT2D eigenvalue weighted by atomic mass is 79.9. The van der Waals surface area contributed by atoms with Gasteiger partial charge in [-0.15, -0.1) is 0 Å². The van der Waals surface area contributed by atoms with Crippen molar-refractivity contribution < 1.29 is 9.21 Å². The fourth-order valence-electron chi connectivity index (χ4n) is 0.603. The fraction of sp³-hybridized carbons (Fsp3) is 0. The molecule has 0 fully saturated rings. The second kappa shape index (κ2) is 3.91. The number of carbonyl (C=O) groups excluding carboxylic acids is 1. The minimum absolute atomic E-state index is 0.196. The van der Waals surface area contributed by atoms with E-state index in [9.17, 15) is 4.79 Å². The highest BCUT2D eigenvalue weighted by Gasteiger charge is 2.07. The van der Waals surface area contributed by atoms with Gasteiger partial charge in [-0.1, -0.05) is 0 Å². The molecule has 1 rings (SSSR count). The molecular weight excluding hydrogens is 226 g/mol. The van der Waals surface area contributed by atoms with Crippen molar-refractivity contribution in [2.45, 2.75) is 0 Å². The number of hydrazone groups is 1. The molecule has 0 unspecified atom stereocenters. The maximum Gasteiger partial charge on any atom is 0.292 e. The van der Waals surface area contributed by atoms with E-state index in [4.69, 9.17) is 10.3 Å². The zero-order valence-electron chi connectivity index (χ0n) is 5.95. The van der Waals surface area contributed by atoms with Gasteiger partial charge in [-0.25, -0.2) is 0 Å². The molecule has 0 atom stereocenters. The Balaban J connectivity index is 2.65. The van der Waals surface area contributed by atoms with Gasteiger partial charge in [-0.05, 0) is 28.1 Å². The molecule has 0 spiro atoms. The summed E-state index contributed by atoms with van der Waals surface area (Å²) in [4.78, 5) is 11.0. The summed E-state index contributed by atoms with van der Waals surface area (Å²) in [6, 6.07) is 3.15. The molecule has 64 valence electrons. The molecule has 1 heterocycles. The molecule has 0 saturated heterocycles. The number of amides is 1. The Kier molecular flexibility index (Phi) is 2.87. The molecule has 0 radical (unpaired) electrons. The molecule has 3 N–H and O–H groups in total. The van der Waals surface area contributed by atoms with Crippen LogP contribution >= 0.6 is 15.9 Å². The Morgan fingerprint density at radius 1 is 1.75 bits per heavy atom. The van der Waals surface area contributed by atoms with Crippen LogP contribution in [0, 0.1) is 0 Å². The summed E-state index contributed by atoms with van der Waals surface area (Å²) in [5.41, 5.74) is 0. The first-order valence-electron chi connectivity index (χ1n) is 3.02. The molecule has 1 aromatic rings. The molecule has 0 aliphatic carbocycles. The van der Waals surface area contributed by atoms with Gasteiger partial charge < -0.3 is 15.6 Å². The number of halogens is 1. The predicted octanol–water partition coefficient (Wildman–Crippen LogP) is 0.674. The number of nitrogens with zero attached hydrogens (tertiary/aromatic N) is 1. The normalized spacial score (nSPS) is 10.4. The summed E-state index contributed by atoms with van der Waals surface area (Å²) in [5.74, 6) is 4.58. The molecule has 0 bridgehead atoms. The van der Waals surface area contributed by atoms with Gasteiger partial charge in [0.1, 0.15) is 6.34 Å². The largest absolute Gasteiger partial charge is 0.444 e. The summed E-state index contributed by atoms with van der Waals surface area (Å²) < 4.78 is 5.44. The van der Waals surface area contributed by atoms with E-state index < -0.39 is 5.91 Å². The first-order valence-corrected chi connectivity index (χ1v) is 3.81.